The Bertz CT molecular complexity index is 715. The Hall–Kier alpha value is -1.76. The molecule has 0 spiro atoms. The smallest absolute Gasteiger partial charge is 0.240 e. The lowest BCUT2D eigenvalue weighted by molar-refractivity contribution is 0.598. The molecule has 0 aliphatic rings. The topological polar surface area (TPSA) is 98.2 Å². The van der Waals surface area contributed by atoms with E-state index in [2.05, 4.69) is 5.32 Å². The van der Waals surface area contributed by atoms with Gasteiger partial charge in [-0.2, -0.15) is 0 Å². The zero-order chi connectivity index (χ0) is 14.8. The summed E-state index contributed by atoms with van der Waals surface area (Å²) in [6.45, 7) is 0.495. The third-order valence-corrected chi connectivity index (χ3v) is 3.99. The van der Waals surface area contributed by atoms with Gasteiger partial charge in [0.2, 0.25) is 10.0 Å². The maximum atomic E-state index is 11.4. The average molecular weight is 312 g/mol. The maximum Gasteiger partial charge on any atom is 0.240 e. The quantitative estimate of drug-likeness (QED) is 0.754. The molecule has 2 aromatic rings. The zero-order valence-corrected chi connectivity index (χ0v) is 12.1. The minimum absolute atomic E-state index is 0.0846. The van der Waals surface area contributed by atoms with E-state index in [0.717, 1.165) is 5.56 Å². The predicted molar refractivity (Wildman–Crippen MR) is 81.0 cm³/mol. The lowest BCUT2D eigenvalue weighted by atomic mass is 10.2. The first-order valence-corrected chi connectivity index (χ1v) is 7.70. The number of primary sulfonamides is 1. The van der Waals surface area contributed by atoms with Crippen LogP contribution in [0.1, 0.15) is 5.56 Å². The Morgan fingerprint density at radius 2 is 1.75 bits per heavy atom. The van der Waals surface area contributed by atoms with E-state index >= 15 is 0 Å². The second-order valence-electron chi connectivity index (χ2n) is 4.24. The van der Waals surface area contributed by atoms with Crippen LogP contribution in [0.3, 0.4) is 0 Å². The highest BCUT2D eigenvalue weighted by Gasteiger charge is 2.14. The number of nitrogens with one attached hydrogen (secondary N) is 1. The molecule has 0 bridgehead atoms. The molecule has 0 heterocycles. The van der Waals surface area contributed by atoms with E-state index in [9.17, 15) is 8.42 Å². The first-order chi connectivity index (χ1) is 9.38. The van der Waals surface area contributed by atoms with Crippen LogP contribution in [0.25, 0.3) is 0 Å². The van der Waals surface area contributed by atoms with Gasteiger partial charge in [0.05, 0.1) is 11.4 Å². The van der Waals surface area contributed by atoms with Crippen molar-refractivity contribution in [2.45, 2.75) is 11.4 Å². The molecule has 0 radical (unpaired) electrons. The van der Waals surface area contributed by atoms with Crippen LogP contribution >= 0.6 is 11.6 Å². The van der Waals surface area contributed by atoms with Crippen LogP contribution in [0.15, 0.2) is 47.4 Å². The molecule has 0 atom stereocenters. The highest BCUT2D eigenvalue weighted by molar-refractivity contribution is 7.89. The van der Waals surface area contributed by atoms with Crippen molar-refractivity contribution in [1.29, 1.82) is 0 Å². The second-order valence-corrected chi connectivity index (χ2v) is 6.21. The Morgan fingerprint density at radius 3 is 2.35 bits per heavy atom. The molecule has 0 aliphatic heterocycles. The summed E-state index contributed by atoms with van der Waals surface area (Å²) >= 11 is 5.80. The van der Waals surface area contributed by atoms with Crippen molar-refractivity contribution in [2.75, 3.05) is 11.1 Å². The molecule has 0 fully saturated rings. The normalized spacial score (nSPS) is 11.3. The lowest BCUT2D eigenvalue weighted by Gasteiger charge is -2.12. The summed E-state index contributed by atoms with van der Waals surface area (Å²) in [6.07, 6.45) is 0. The van der Waals surface area contributed by atoms with Crippen LogP contribution in [0, 0.1) is 0 Å². The first-order valence-electron chi connectivity index (χ1n) is 5.77. The third kappa shape index (κ3) is 3.41. The van der Waals surface area contributed by atoms with Gasteiger partial charge in [-0.25, -0.2) is 13.6 Å². The van der Waals surface area contributed by atoms with Gasteiger partial charge in [-0.05, 0) is 29.8 Å². The van der Waals surface area contributed by atoms with Gasteiger partial charge >= 0.3 is 0 Å². The van der Waals surface area contributed by atoms with Gasteiger partial charge in [0, 0.05) is 11.6 Å². The van der Waals surface area contributed by atoms with Gasteiger partial charge in [-0.1, -0.05) is 29.8 Å². The summed E-state index contributed by atoms with van der Waals surface area (Å²) in [4.78, 5) is -0.0846. The Labute approximate surface area is 122 Å². The van der Waals surface area contributed by atoms with Gasteiger partial charge < -0.3 is 11.1 Å². The van der Waals surface area contributed by atoms with E-state index in [4.69, 9.17) is 22.5 Å². The number of nitrogen functional groups attached to an aromatic ring is 1. The van der Waals surface area contributed by atoms with E-state index in [0.29, 0.717) is 17.3 Å². The van der Waals surface area contributed by atoms with Crippen molar-refractivity contribution in [3.8, 4) is 0 Å². The molecule has 2 aromatic carbocycles. The van der Waals surface area contributed by atoms with Crippen LogP contribution in [-0.4, -0.2) is 8.42 Å². The summed E-state index contributed by atoms with van der Waals surface area (Å²) in [6, 6.07) is 12.0. The minimum Gasteiger partial charge on any atom is -0.396 e. The Balaban J connectivity index is 2.20. The summed E-state index contributed by atoms with van der Waals surface area (Å²) in [7, 11) is -3.83. The first kappa shape index (κ1) is 14.6. The Kier molecular flexibility index (Phi) is 4.17. The van der Waals surface area contributed by atoms with Crippen LogP contribution in [0.5, 0.6) is 0 Å². The summed E-state index contributed by atoms with van der Waals surface area (Å²) in [5.41, 5.74) is 7.44. The molecule has 0 amide bonds. The number of para-hydroxylation sites is 1. The highest BCUT2D eigenvalue weighted by atomic mass is 35.5. The van der Waals surface area contributed by atoms with Crippen molar-refractivity contribution in [3.05, 3.63) is 53.1 Å². The molecule has 20 heavy (non-hydrogen) atoms. The van der Waals surface area contributed by atoms with Gasteiger partial charge in [-0.15, -0.1) is 0 Å². The Morgan fingerprint density at radius 1 is 1.10 bits per heavy atom. The fourth-order valence-corrected chi connectivity index (χ4v) is 2.56. The number of rotatable bonds is 4. The molecular weight excluding hydrogens is 298 g/mol. The fraction of sp³-hybridized carbons (Fsp3) is 0.0769. The van der Waals surface area contributed by atoms with Crippen LogP contribution in [0.2, 0.25) is 5.02 Å². The SMILES string of the molecule is Nc1c(NCc2ccc(Cl)cc2)cccc1S(N)(=O)=O. The zero-order valence-electron chi connectivity index (χ0n) is 10.5. The summed E-state index contributed by atoms with van der Waals surface area (Å²) < 4.78 is 22.7. The van der Waals surface area contributed by atoms with Gasteiger partial charge in [0.1, 0.15) is 4.90 Å². The van der Waals surface area contributed by atoms with Gasteiger partial charge in [-0.3, -0.25) is 0 Å². The van der Waals surface area contributed by atoms with Gasteiger partial charge in [0.15, 0.2) is 0 Å². The molecule has 0 aromatic heterocycles. The van der Waals surface area contributed by atoms with Crippen molar-refractivity contribution in [3.63, 3.8) is 0 Å². The molecule has 0 unspecified atom stereocenters. The number of anilines is 2. The minimum atomic E-state index is -3.83. The van der Waals surface area contributed by atoms with E-state index < -0.39 is 10.0 Å². The van der Waals surface area contributed by atoms with E-state index in [1.807, 2.05) is 12.1 Å². The predicted octanol–water partition coefficient (Wildman–Crippen LogP) is 2.18. The molecule has 0 saturated carbocycles. The fourth-order valence-electron chi connectivity index (χ4n) is 1.75. The van der Waals surface area contributed by atoms with E-state index in [1.165, 1.54) is 6.07 Å². The molecule has 0 saturated heterocycles. The number of halogens is 1. The molecule has 0 aliphatic carbocycles. The second kappa shape index (κ2) is 5.70. The van der Waals surface area contributed by atoms with Gasteiger partial charge in [0.25, 0.3) is 0 Å². The van der Waals surface area contributed by atoms with Crippen molar-refractivity contribution < 1.29 is 8.42 Å². The van der Waals surface area contributed by atoms with Crippen molar-refractivity contribution in [2.24, 2.45) is 5.14 Å². The van der Waals surface area contributed by atoms with Crippen LogP contribution in [-0.2, 0) is 16.6 Å². The largest absolute Gasteiger partial charge is 0.396 e. The van der Waals surface area contributed by atoms with Crippen molar-refractivity contribution in [1.82, 2.24) is 0 Å². The molecule has 5 nitrogen and oxygen atoms in total. The monoisotopic (exact) mass is 311 g/mol. The van der Waals surface area contributed by atoms with E-state index in [1.54, 1.807) is 24.3 Å². The third-order valence-electron chi connectivity index (χ3n) is 2.77. The summed E-state index contributed by atoms with van der Waals surface area (Å²) in [5, 5.41) is 8.83. The number of sulfonamides is 1. The maximum absolute atomic E-state index is 11.4. The van der Waals surface area contributed by atoms with Crippen LogP contribution in [0.4, 0.5) is 11.4 Å². The lowest BCUT2D eigenvalue weighted by Crippen LogP contribution is -2.15. The summed E-state index contributed by atoms with van der Waals surface area (Å²) in [5.74, 6) is 0. The van der Waals surface area contributed by atoms with E-state index in [-0.39, 0.29) is 10.6 Å². The number of nitrogens with two attached hydrogens (primary N) is 2. The molecule has 5 N–H and O–H groups in total. The molecule has 2 rings (SSSR count). The molecular formula is C13H14ClN3O2S. The molecule has 106 valence electrons. The number of hydrogen-bond acceptors (Lipinski definition) is 4. The number of benzene rings is 2. The average Bonchev–Trinajstić information content (AvgIpc) is 2.38. The number of hydrogen-bond donors (Lipinski definition) is 3. The van der Waals surface area contributed by atoms with Crippen LogP contribution < -0.4 is 16.2 Å². The standard InChI is InChI=1S/C13H14ClN3O2S/c14-10-6-4-9(5-7-10)8-17-11-2-1-3-12(13(11)15)20(16,18)19/h1-7,17H,8,15H2,(H2,16,18,19). The molecule has 7 heteroatoms. The van der Waals surface area contributed by atoms with Crippen molar-refractivity contribution >= 4 is 33.0 Å². The highest BCUT2D eigenvalue weighted by Crippen LogP contribution is 2.26.